The number of hydrogen-bond donors (Lipinski definition) is 0. The first-order valence-corrected chi connectivity index (χ1v) is 8.54. The van der Waals surface area contributed by atoms with E-state index in [2.05, 4.69) is 4.85 Å². The third-order valence-electron chi connectivity index (χ3n) is 5.51. The Morgan fingerprint density at radius 1 is 1.32 bits per heavy atom. The Hall–Kier alpha value is -2.45. The van der Waals surface area contributed by atoms with E-state index < -0.39 is 5.41 Å². The fourth-order valence-corrected chi connectivity index (χ4v) is 4.20. The first-order chi connectivity index (χ1) is 12.1. The maximum absolute atomic E-state index is 13.5. The largest absolute Gasteiger partial charge is 0.383 e. The number of amides is 1. The zero-order valence-corrected chi connectivity index (χ0v) is 14.6. The number of likely N-dealkylation sites (tertiary alicyclic amines) is 1. The number of hydrogen-bond acceptors (Lipinski definition) is 3. The Kier molecular flexibility index (Phi) is 4.73. The maximum atomic E-state index is 13.5. The molecule has 1 aliphatic heterocycles. The molecule has 3 atom stereocenters. The molecule has 1 aliphatic carbocycles. The summed E-state index contributed by atoms with van der Waals surface area (Å²) in [6.45, 7) is 10.8. The first kappa shape index (κ1) is 17.4. The minimum atomic E-state index is -0.944. The molecule has 0 radical (unpaired) electrons. The third-order valence-corrected chi connectivity index (χ3v) is 5.51. The van der Waals surface area contributed by atoms with Crippen molar-refractivity contribution < 1.29 is 14.3 Å². The second-order valence-corrected chi connectivity index (χ2v) is 6.71. The minimum absolute atomic E-state index is 0.0347. The zero-order valence-electron chi connectivity index (χ0n) is 14.6. The van der Waals surface area contributed by atoms with E-state index >= 15 is 0 Å². The van der Waals surface area contributed by atoms with Crippen molar-refractivity contribution >= 4 is 11.7 Å². The van der Waals surface area contributed by atoms with E-state index in [4.69, 9.17) is 11.3 Å². The molecule has 0 bridgehead atoms. The van der Waals surface area contributed by atoms with Gasteiger partial charge in [-0.3, -0.25) is 4.79 Å². The van der Waals surface area contributed by atoms with Crippen molar-refractivity contribution in [2.24, 2.45) is 11.8 Å². The highest BCUT2D eigenvalue weighted by Crippen LogP contribution is 2.49. The second kappa shape index (κ2) is 6.81. The standard InChI is InChI=1S/C20H22N2O3/c1-14-16-9-10-22(11-12-25-3)19(24)20(16,13-17(21-2)18(14)23)15-7-5-4-6-8-15/h4-8,13-14,16H,9-12H2,1,3H3/t14-,16-,20+/m1/s1. The summed E-state index contributed by atoms with van der Waals surface area (Å²) in [6.07, 6.45) is 2.36. The molecule has 0 spiro atoms. The van der Waals surface area contributed by atoms with Gasteiger partial charge in [0.1, 0.15) is 0 Å². The molecule has 130 valence electrons. The molecular weight excluding hydrogens is 316 g/mol. The third kappa shape index (κ3) is 2.67. The molecule has 1 aromatic carbocycles. The molecule has 1 saturated heterocycles. The molecule has 1 heterocycles. The van der Waals surface area contributed by atoms with Crippen molar-refractivity contribution in [3.63, 3.8) is 0 Å². The minimum Gasteiger partial charge on any atom is -0.383 e. The summed E-state index contributed by atoms with van der Waals surface area (Å²) in [5.41, 5.74) is -0.0114. The van der Waals surface area contributed by atoms with Crippen LogP contribution in [0.4, 0.5) is 0 Å². The van der Waals surface area contributed by atoms with E-state index in [9.17, 15) is 9.59 Å². The fraction of sp³-hybridized carbons (Fsp3) is 0.450. The van der Waals surface area contributed by atoms with E-state index in [1.165, 1.54) is 0 Å². The maximum Gasteiger partial charge on any atom is 0.236 e. The lowest BCUT2D eigenvalue weighted by Crippen LogP contribution is -2.60. The molecule has 0 aromatic heterocycles. The van der Waals surface area contributed by atoms with Crippen LogP contribution in [0.25, 0.3) is 4.85 Å². The lowest BCUT2D eigenvalue weighted by atomic mass is 9.58. The predicted octanol–water partition coefficient (Wildman–Crippen LogP) is 2.44. The summed E-state index contributed by atoms with van der Waals surface area (Å²) in [4.78, 5) is 31.3. The average Bonchev–Trinajstić information content (AvgIpc) is 2.65. The zero-order chi connectivity index (χ0) is 18.0. The number of allylic oxidation sites excluding steroid dienone is 1. The van der Waals surface area contributed by atoms with Gasteiger partial charge in [-0.15, -0.1) is 0 Å². The summed E-state index contributed by atoms with van der Waals surface area (Å²) >= 11 is 0. The van der Waals surface area contributed by atoms with Gasteiger partial charge in [-0.05, 0) is 17.9 Å². The van der Waals surface area contributed by atoms with Gasteiger partial charge in [0.05, 0.1) is 18.6 Å². The van der Waals surface area contributed by atoms with Crippen LogP contribution >= 0.6 is 0 Å². The van der Waals surface area contributed by atoms with Crippen LogP contribution in [-0.4, -0.2) is 43.4 Å². The van der Waals surface area contributed by atoms with E-state index in [1.807, 2.05) is 37.3 Å². The van der Waals surface area contributed by atoms with Gasteiger partial charge in [-0.1, -0.05) is 43.3 Å². The Bertz CT molecular complexity index is 750. The number of ketones is 1. The molecule has 5 nitrogen and oxygen atoms in total. The summed E-state index contributed by atoms with van der Waals surface area (Å²) in [5.74, 6) is -0.653. The normalized spacial score (nSPS) is 29.0. The van der Waals surface area contributed by atoms with Crippen LogP contribution in [0, 0.1) is 18.4 Å². The topological polar surface area (TPSA) is 51.0 Å². The molecule has 1 amide bonds. The van der Waals surface area contributed by atoms with Crippen LogP contribution in [0.5, 0.6) is 0 Å². The predicted molar refractivity (Wildman–Crippen MR) is 93.5 cm³/mol. The molecule has 5 heteroatoms. The van der Waals surface area contributed by atoms with Crippen LogP contribution in [0.15, 0.2) is 42.1 Å². The van der Waals surface area contributed by atoms with E-state index in [0.717, 1.165) is 12.0 Å². The lowest BCUT2D eigenvalue weighted by molar-refractivity contribution is -0.145. The van der Waals surface area contributed by atoms with Crippen LogP contribution in [0.2, 0.25) is 0 Å². The van der Waals surface area contributed by atoms with Gasteiger partial charge in [0.25, 0.3) is 0 Å². The fourth-order valence-electron chi connectivity index (χ4n) is 4.20. The molecule has 3 rings (SSSR count). The number of piperidine rings is 1. The molecule has 0 saturated carbocycles. The number of nitrogens with zero attached hydrogens (tertiary/aromatic N) is 2. The highest BCUT2D eigenvalue weighted by molar-refractivity contribution is 6.04. The highest BCUT2D eigenvalue weighted by atomic mass is 16.5. The molecule has 25 heavy (non-hydrogen) atoms. The summed E-state index contributed by atoms with van der Waals surface area (Å²) in [7, 11) is 1.61. The average molecular weight is 338 g/mol. The van der Waals surface area contributed by atoms with Crippen molar-refractivity contribution in [3.05, 3.63) is 59.1 Å². The first-order valence-electron chi connectivity index (χ1n) is 8.54. The van der Waals surface area contributed by atoms with Crippen molar-refractivity contribution in [3.8, 4) is 0 Å². The number of rotatable bonds is 4. The number of carbonyl (C=O) groups excluding carboxylic acids is 2. The van der Waals surface area contributed by atoms with Gasteiger partial charge in [-0.25, -0.2) is 4.85 Å². The smallest absolute Gasteiger partial charge is 0.236 e. The molecule has 1 fully saturated rings. The van der Waals surface area contributed by atoms with Crippen LogP contribution in [0.1, 0.15) is 18.9 Å². The van der Waals surface area contributed by atoms with Crippen LogP contribution < -0.4 is 0 Å². The van der Waals surface area contributed by atoms with Crippen molar-refractivity contribution in [2.75, 3.05) is 26.8 Å². The Labute approximate surface area is 148 Å². The van der Waals surface area contributed by atoms with Gasteiger partial charge >= 0.3 is 0 Å². The van der Waals surface area contributed by atoms with Crippen LogP contribution in [-0.2, 0) is 19.7 Å². The van der Waals surface area contributed by atoms with E-state index in [1.54, 1.807) is 18.1 Å². The Morgan fingerprint density at radius 2 is 2.04 bits per heavy atom. The van der Waals surface area contributed by atoms with Crippen molar-refractivity contribution in [1.82, 2.24) is 4.90 Å². The summed E-state index contributed by atoms with van der Waals surface area (Å²) < 4.78 is 5.14. The van der Waals surface area contributed by atoms with Gasteiger partial charge in [0.15, 0.2) is 5.78 Å². The van der Waals surface area contributed by atoms with Gasteiger partial charge in [0.2, 0.25) is 11.6 Å². The van der Waals surface area contributed by atoms with Gasteiger partial charge in [0, 0.05) is 26.1 Å². The number of benzene rings is 1. The number of Topliss-reactive ketones (excluding diaryl/α,β-unsaturated/α-hetero) is 1. The summed E-state index contributed by atoms with van der Waals surface area (Å²) in [6, 6.07) is 9.54. The number of methoxy groups -OCH3 is 1. The Morgan fingerprint density at radius 3 is 2.68 bits per heavy atom. The number of carbonyl (C=O) groups is 2. The van der Waals surface area contributed by atoms with Gasteiger partial charge < -0.3 is 14.4 Å². The quantitative estimate of drug-likeness (QED) is 0.793. The molecule has 0 N–H and O–H groups in total. The SMILES string of the molecule is [C-]#[N+]C1=C[C@@]2(c3ccccc3)C(=O)N(CCOC)CC[C@@H]2[C@@H](C)C1=O. The highest BCUT2D eigenvalue weighted by Gasteiger charge is 2.56. The Balaban J connectivity index is 2.18. The van der Waals surface area contributed by atoms with Crippen LogP contribution in [0.3, 0.4) is 0 Å². The molecular formula is C20H22N2O3. The van der Waals surface area contributed by atoms with Gasteiger partial charge in [-0.2, -0.15) is 0 Å². The number of ether oxygens (including phenoxy) is 1. The number of fused-ring (bicyclic) bond motifs is 1. The van der Waals surface area contributed by atoms with Crippen molar-refractivity contribution in [2.45, 2.75) is 18.8 Å². The second-order valence-electron chi connectivity index (χ2n) is 6.71. The molecule has 0 unspecified atom stereocenters. The molecule has 1 aromatic rings. The summed E-state index contributed by atoms with van der Waals surface area (Å²) in [5, 5.41) is 0. The van der Waals surface area contributed by atoms with E-state index in [0.29, 0.717) is 19.7 Å². The van der Waals surface area contributed by atoms with Crippen molar-refractivity contribution in [1.29, 1.82) is 0 Å². The monoisotopic (exact) mass is 338 g/mol. The van der Waals surface area contributed by atoms with E-state index in [-0.39, 0.29) is 29.2 Å². The molecule has 2 aliphatic rings. The lowest BCUT2D eigenvalue weighted by Gasteiger charge is -2.50.